The zero-order valence-electron chi connectivity index (χ0n) is 14.6. The highest BCUT2D eigenvalue weighted by molar-refractivity contribution is 5.61. The molecule has 0 saturated carbocycles. The van der Waals surface area contributed by atoms with Gasteiger partial charge in [0.2, 0.25) is 0 Å². The van der Waals surface area contributed by atoms with Crippen molar-refractivity contribution in [1.29, 1.82) is 0 Å². The Morgan fingerprint density at radius 1 is 1.31 bits per heavy atom. The van der Waals surface area contributed by atoms with Crippen molar-refractivity contribution in [2.45, 2.75) is 31.7 Å². The number of aliphatic hydroxyl groups is 1. The number of rotatable bonds is 4. The Balaban J connectivity index is 1.66. The van der Waals surface area contributed by atoms with Gasteiger partial charge >= 0.3 is 0 Å². The van der Waals surface area contributed by atoms with E-state index in [1.54, 1.807) is 36.8 Å². The normalized spacial score (nSPS) is 20.6. The van der Waals surface area contributed by atoms with Crippen LogP contribution in [0.25, 0.3) is 17.0 Å². The Bertz CT molecular complexity index is 935. The van der Waals surface area contributed by atoms with Gasteiger partial charge in [-0.05, 0) is 32.0 Å². The van der Waals surface area contributed by atoms with Crippen LogP contribution in [0.4, 0.5) is 10.2 Å². The van der Waals surface area contributed by atoms with Crippen molar-refractivity contribution in [3.8, 4) is 11.4 Å². The van der Waals surface area contributed by atoms with E-state index in [9.17, 15) is 9.50 Å². The van der Waals surface area contributed by atoms with E-state index >= 15 is 0 Å². The topological polar surface area (TPSA) is 87.4 Å². The number of fused-ring (bicyclic) bond motifs is 1. The highest BCUT2D eigenvalue weighted by Gasteiger charge is 2.26. The number of anilines is 1. The van der Waals surface area contributed by atoms with E-state index in [-0.39, 0.29) is 6.04 Å². The first-order chi connectivity index (χ1) is 12.4. The summed E-state index contributed by atoms with van der Waals surface area (Å²) >= 11 is 0. The number of hydrogen-bond donors (Lipinski definition) is 3. The number of alkyl halides is 1. The molecule has 0 bridgehead atoms. The van der Waals surface area contributed by atoms with Crippen LogP contribution < -0.4 is 10.6 Å². The summed E-state index contributed by atoms with van der Waals surface area (Å²) < 4.78 is 15.5. The van der Waals surface area contributed by atoms with Crippen molar-refractivity contribution in [3.63, 3.8) is 0 Å². The zero-order valence-corrected chi connectivity index (χ0v) is 14.6. The van der Waals surface area contributed by atoms with Crippen molar-refractivity contribution >= 4 is 11.5 Å². The fourth-order valence-electron chi connectivity index (χ4n) is 3.02. The third-order valence-electron chi connectivity index (χ3n) is 4.55. The molecule has 4 rings (SSSR count). The molecule has 0 amide bonds. The molecule has 3 aromatic rings. The van der Waals surface area contributed by atoms with E-state index in [0.717, 1.165) is 5.69 Å². The molecular weight excluding hydrogens is 335 g/mol. The lowest BCUT2D eigenvalue weighted by atomic mass is 10.0. The minimum absolute atomic E-state index is 0.285. The molecule has 1 aliphatic rings. The molecule has 7 nitrogen and oxygen atoms in total. The lowest BCUT2D eigenvalue weighted by Crippen LogP contribution is -2.29. The summed E-state index contributed by atoms with van der Waals surface area (Å²) in [5.41, 5.74) is 1.75. The predicted molar refractivity (Wildman–Crippen MR) is 96.6 cm³/mol. The van der Waals surface area contributed by atoms with Gasteiger partial charge in [-0.25, -0.2) is 18.9 Å². The van der Waals surface area contributed by atoms with Gasteiger partial charge in [-0.1, -0.05) is 6.07 Å². The Labute approximate surface area is 150 Å². The first kappa shape index (κ1) is 16.9. The average Bonchev–Trinajstić information content (AvgIpc) is 3.20. The molecule has 4 heterocycles. The van der Waals surface area contributed by atoms with Gasteiger partial charge in [0.15, 0.2) is 5.65 Å². The van der Waals surface area contributed by atoms with Crippen LogP contribution in [-0.2, 0) is 5.60 Å². The van der Waals surface area contributed by atoms with E-state index < -0.39 is 11.8 Å². The summed E-state index contributed by atoms with van der Waals surface area (Å²) in [6, 6.07) is 7.06. The fourth-order valence-corrected chi connectivity index (χ4v) is 3.02. The summed E-state index contributed by atoms with van der Waals surface area (Å²) in [6.45, 7) is 4.34. The van der Waals surface area contributed by atoms with Crippen LogP contribution >= 0.6 is 0 Å². The number of imidazole rings is 1. The minimum atomic E-state index is -0.985. The van der Waals surface area contributed by atoms with Crippen molar-refractivity contribution in [1.82, 2.24) is 24.9 Å². The van der Waals surface area contributed by atoms with E-state index in [1.165, 1.54) is 0 Å². The van der Waals surface area contributed by atoms with E-state index in [4.69, 9.17) is 0 Å². The Kier molecular flexibility index (Phi) is 4.08. The quantitative estimate of drug-likeness (QED) is 0.660. The molecule has 0 radical (unpaired) electrons. The second-order valence-electron chi connectivity index (χ2n) is 7.05. The number of hydrogen-bond acceptors (Lipinski definition) is 6. The second kappa shape index (κ2) is 6.30. The van der Waals surface area contributed by atoms with Gasteiger partial charge in [-0.2, -0.15) is 5.10 Å². The maximum absolute atomic E-state index is 13.8. The Hall–Kier alpha value is -2.58. The number of nitrogens with zero attached hydrogens (tertiary/aromatic N) is 4. The van der Waals surface area contributed by atoms with Gasteiger partial charge in [-0.15, -0.1) is 0 Å². The fraction of sp³-hybridized carbons (Fsp3) is 0.389. The SMILES string of the molecule is CC(C)(O)c1cnn2c(-c3cccc(N[C@H]4CNC[C@@H]4F)n3)cnc2c1. The zero-order chi connectivity index (χ0) is 18.3. The molecule has 26 heavy (non-hydrogen) atoms. The van der Waals surface area contributed by atoms with Crippen LogP contribution in [0.15, 0.2) is 36.7 Å². The molecule has 0 aliphatic carbocycles. The van der Waals surface area contributed by atoms with Crippen LogP contribution in [-0.4, -0.2) is 50.0 Å². The maximum Gasteiger partial charge on any atom is 0.154 e. The number of halogens is 1. The second-order valence-corrected chi connectivity index (χ2v) is 7.05. The maximum atomic E-state index is 13.8. The van der Waals surface area contributed by atoms with Gasteiger partial charge in [0, 0.05) is 18.7 Å². The lowest BCUT2D eigenvalue weighted by molar-refractivity contribution is 0.0781. The Morgan fingerprint density at radius 3 is 2.88 bits per heavy atom. The molecule has 1 saturated heterocycles. The molecule has 3 N–H and O–H groups in total. The van der Waals surface area contributed by atoms with Crippen molar-refractivity contribution in [2.24, 2.45) is 0 Å². The molecule has 0 aromatic carbocycles. The standard InChI is InChI=1S/C18H21FN6O/c1-18(2,26)11-6-17-21-10-15(25(17)22-7-11)13-4-3-5-16(23-13)24-14-9-20-8-12(14)19/h3-7,10,12,14,20,26H,8-9H2,1-2H3,(H,23,24)/t12-,14-/m0/s1. The van der Waals surface area contributed by atoms with Crippen LogP contribution in [0.5, 0.6) is 0 Å². The van der Waals surface area contributed by atoms with Crippen molar-refractivity contribution < 1.29 is 9.50 Å². The summed E-state index contributed by atoms with van der Waals surface area (Å²) in [5, 5.41) is 20.7. The molecule has 136 valence electrons. The van der Waals surface area contributed by atoms with Crippen LogP contribution in [0.1, 0.15) is 19.4 Å². The molecule has 0 spiro atoms. The third-order valence-corrected chi connectivity index (χ3v) is 4.55. The van der Waals surface area contributed by atoms with Gasteiger partial charge in [-0.3, -0.25) is 0 Å². The number of nitrogens with one attached hydrogen (secondary N) is 2. The monoisotopic (exact) mass is 356 g/mol. The summed E-state index contributed by atoms with van der Waals surface area (Å²) in [4.78, 5) is 8.95. The third kappa shape index (κ3) is 3.13. The first-order valence-corrected chi connectivity index (χ1v) is 8.57. The highest BCUT2D eigenvalue weighted by atomic mass is 19.1. The number of aromatic nitrogens is 4. The summed E-state index contributed by atoms with van der Waals surface area (Å²) in [5.74, 6) is 0.613. The molecule has 1 aliphatic heterocycles. The van der Waals surface area contributed by atoms with Crippen molar-refractivity contribution in [3.05, 3.63) is 42.2 Å². The van der Waals surface area contributed by atoms with Gasteiger partial charge < -0.3 is 15.7 Å². The van der Waals surface area contributed by atoms with E-state index in [1.807, 2.05) is 18.2 Å². The van der Waals surface area contributed by atoms with Gasteiger partial charge in [0.05, 0.1) is 29.7 Å². The predicted octanol–water partition coefficient (Wildman–Crippen LogP) is 1.74. The van der Waals surface area contributed by atoms with Crippen molar-refractivity contribution in [2.75, 3.05) is 18.4 Å². The molecule has 3 aromatic heterocycles. The van der Waals surface area contributed by atoms with Gasteiger partial charge in [0.1, 0.15) is 17.7 Å². The molecule has 8 heteroatoms. The van der Waals surface area contributed by atoms with Crippen LogP contribution in [0.3, 0.4) is 0 Å². The van der Waals surface area contributed by atoms with E-state index in [0.29, 0.717) is 35.8 Å². The van der Waals surface area contributed by atoms with Crippen LogP contribution in [0.2, 0.25) is 0 Å². The smallest absolute Gasteiger partial charge is 0.154 e. The van der Waals surface area contributed by atoms with Crippen LogP contribution in [0, 0.1) is 0 Å². The minimum Gasteiger partial charge on any atom is -0.386 e. The molecule has 1 fully saturated rings. The Morgan fingerprint density at radius 2 is 2.15 bits per heavy atom. The summed E-state index contributed by atoms with van der Waals surface area (Å²) in [6.07, 6.45) is 2.38. The molecular formula is C18H21FN6O. The van der Waals surface area contributed by atoms with Gasteiger partial charge in [0.25, 0.3) is 0 Å². The van der Waals surface area contributed by atoms with E-state index in [2.05, 4.69) is 25.7 Å². The highest BCUT2D eigenvalue weighted by Crippen LogP contribution is 2.24. The molecule has 0 unspecified atom stereocenters. The molecule has 2 atom stereocenters. The lowest BCUT2D eigenvalue weighted by Gasteiger charge is -2.17. The average molecular weight is 356 g/mol. The number of pyridine rings is 1. The first-order valence-electron chi connectivity index (χ1n) is 8.57. The largest absolute Gasteiger partial charge is 0.386 e. The summed E-state index contributed by atoms with van der Waals surface area (Å²) in [7, 11) is 0.